The first-order valence-corrected chi connectivity index (χ1v) is 5.81. The molecule has 4 heteroatoms. The van der Waals surface area contributed by atoms with Crippen molar-refractivity contribution in [2.24, 2.45) is 0 Å². The van der Waals surface area contributed by atoms with Gasteiger partial charge in [-0.3, -0.25) is 0 Å². The van der Waals surface area contributed by atoms with Crippen LogP contribution in [0.4, 0.5) is 0 Å². The van der Waals surface area contributed by atoms with Gasteiger partial charge >= 0.3 is 0 Å². The van der Waals surface area contributed by atoms with Gasteiger partial charge in [0.2, 0.25) is 0 Å². The molecule has 0 aliphatic carbocycles. The number of nitrogens with one attached hydrogen (secondary N) is 1. The molecule has 1 aromatic carbocycles. The molecule has 0 saturated carbocycles. The minimum absolute atomic E-state index is 0.0726. The van der Waals surface area contributed by atoms with Crippen LogP contribution in [0.1, 0.15) is 11.7 Å². The number of morpholine rings is 1. The number of aliphatic hydroxyl groups excluding tert-OH is 1. The summed E-state index contributed by atoms with van der Waals surface area (Å²) in [5.74, 6) is 0. The molecule has 82 valence electrons. The van der Waals surface area contributed by atoms with Crippen LogP contribution in [0.15, 0.2) is 28.7 Å². The number of aliphatic hydroxyl groups is 1. The van der Waals surface area contributed by atoms with E-state index in [1.54, 1.807) is 0 Å². The molecule has 2 rings (SSSR count). The molecule has 2 N–H and O–H groups in total. The first-order chi connectivity index (χ1) is 7.31. The first-order valence-electron chi connectivity index (χ1n) is 5.01. The van der Waals surface area contributed by atoms with Crippen molar-refractivity contribution in [3.8, 4) is 0 Å². The second-order valence-electron chi connectivity index (χ2n) is 3.63. The van der Waals surface area contributed by atoms with Crippen molar-refractivity contribution in [3.05, 3.63) is 34.3 Å². The number of benzene rings is 1. The fourth-order valence-corrected chi connectivity index (χ4v) is 2.22. The van der Waals surface area contributed by atoms with Crippen molar-refractivity contribution in [2.75, 3.05) is 19.8 Å². The van der Waals surface area contributed by atoms with Gasteiger partial charge in [0.25, 0.3) is 0 Å². The zero-order valence-corrected chi connectivity index (χ0v) is 9.90. The van der Waals surface area contributed by atoms with Crippen LogP contribution in [-0.2, 0) is 4.74 Å². The Morgan fingerprint density at radius 2 is 2.27 bits per heavy atom. The lowest BCUT2D eigenvalue weighted by atomic mass is 10.1. The summed E-state index contributed by atoms with van der Waals surface area (Å²) in [4.78, 5) is 0. The second kappa shape index (κ2) is 5.07. The van der Waals surface area contributed by atoms with Gasteiger partial charge in [0.1, 0.15) is 0 Å². The third-order valence-electron chi connectivity index (χ3n) is 2.56. The Labute approximate surface area is 97.6 Å². The molecule has 2 atom stereocenters. The Bertz CT molecular complexity index is 324. The van der Waals surface area contributed by atoms with Crippen molar-refractivity contribution in [2.45, 2.75) is 12.1 Å². The molecule has 0 aromatic heterocycles. The minimum Gasteiger partial charge on any atom is -0.395 e. The zero-order valence-electron chi connectivity index (χ0n) is 8.32. The molecule has 0 spiro atoms. The molecule has 0 radical (unpaired) electrons. The number of halogens is 1. The third kappa shape index (κ3) is 2.58. The minimum atomic E-state index is 0.0726. The summed E-state index contributed by atoms with van der Waals surface area (Å²) < 4.78 is 6.76. The lowest BCUT2D eigenvalue weighted by Gasteiger charge is -2.30. The van der Waals surface area contributed by atoms with Crippen LogP contribution in [0.25, 0.3) is 0 Å². The normalized spacial score (nSPS) is 26.5. The van der Waals surface area contributed by atoms with Crippen LogP contribution < -0.4 is 5.32 Å². The molecule has 1 aromatic rings. The maximum absolute atomic E-state index is 8.95. The average Bonchev–Trinajstić information content (AvgIpc) is 2.30. The standard InChI is InChI=1S/C11H14BrNO2/c12-10-4-2-1-3-9(10)11-5-13-8(6-14)7-15-11/h1-4,8,11,13-14H,5-7H2. The van der Waals surface area contributed by atoms with Crippen LogP contribution in [0.5, 0.6) is 0 Å². The van der Waals surface area contributed by atoms with Gasteiger partial charge < -0.3 is 15.2 Å². The Kier molecular flexibility index (Phi) is 3.75. The molecule has 1 saturated heterocycles. The van der Waals surface area contributed by atoms with E-state index in [0.29, 0.717) is 6.61 Å². The van der Waals surface area contributed by atoms with E-state index in [1.807, 2.05) is 18.2 Å². The monoisotopic (exact) mass is 271 g/mol. The van der Waals surface area contributed by atoms with E-state index in [4.69, 9.17) is 9.84 Å². The van der Waals surface area contributed by atoms with Gasteiger partial charge in [0.05, 0.1) is 25.4 Å². The van der Waals surface area contributed by atoms with E-state index >= 15 is 0 Å². The number of hydrogen-bond acceptors (Lipinski definition) is 3. The van der Waals surface area contributed by atoms with Gasteiger partial charge in [-0.1, -0.05) is 34.1 Å². The highest BCUT2D eigenvalue weighted by Gasteiger charge is 2.22. The molecule has 0 bridgehead atoms. The van der Waals surface area contributed by atoms with E-state index in [9.17, 15) is 0 Å². The molecular formula is C11H14BrNO2. The summed E-state index contributed by atoms with van der Waals surface area (Å²) in [7, 11) is 0. The van der Waals surface area contributed by atoms with Gasteiger partial charge in [0.15, 0.2) is 0 Å². The lowest BCUT2D eigenvalue weighted by Crippen LogP contribution is -2.44. The molecule has 2 unspecified atom stereocenters. The highest BCUT2D eigenvalue weighted by molar-refractivity contribution is 9.10. The van der Waals surface area contributed by atoms with Gasteiger partial charge in [-0.05, 0) is 11.6 Å². The highest BCUT2D eigenvalue weighted by Crippen LogP contribution is 2.27. The Morgan fingerprint density at radius 1 is 1.47 bits per heavy atom. The predicted molar refractivity (Wildman–Crippen MR) is 61.7 cm³/mol. The summed E-state index contributed by atoms with van der Waals surface area (Å²) in [6.07, 6.45) is 0.0726. The van der Waals surface area contributed by atoms with Crippen molar-refractivity contribution in [1.29, 1.82) is 0 Å². The molecule has 1 fully saturated rings. The van der Waals surface area contributed by atoms with Crippen LogP contribution in [0.3, 0.4) is 0 Å². The Balaban J connectivity index is 2.04. The SMILES string of the molecule is OCC1COC(c2ccccc2Br)CN1. The Hall–Kier alpha value is -0.420. The molecule has 1 aliphatic rings. The summed E-state index contributed by atoms with van der Waals surface area (Å²) in [6.45, 7) is 1.43. The summed E-state index contributed by atoms with van der Waals surface area (Å²) in [5, 5.41) is 12.2. The fourth-order valence-electron chi connectivity index (χ4n) is 1.68. The topological polar surface area (TPSA) is 41.5 Å². The smallest absolute Gasteiger partial charge is 0.0961 e. The van der Waals surface area contributed by atoms with Crippen molar-refractivity contribution >= 4 is 15.9 Å². The highest BCUT2D eigenvalue weighted by atomic mass is 79.9. The lowest BCUT2D eigenvalue weighted by molar-refractivity contribution is -0.00986. The molecule has 0 amide bonds. The van der Waals surface area contributed by atoms with E-state index in [-0.39, 0.29) is 18.8 Å². The molecular weight excluding hydrogens is 258 g/mol. The maximum atomic E-state index is 8.95. The van der Waals surface area contributed by atoms with Gasteiger partial charge in [-0.25, -0.2) is 0 Å². The third-order valence-corrected chi connectivity index (χ3v) is 3.29. The molecule has 3 nitrogen and oxygen atoms in total. The zero-order chi connectivity index (χ0) is 10.7. The second-order valence-corrected chi connectivity index (χ2v) is 4.49. The van der Waals surface area contributed by atoms with Crippen molar-refractivity contribution < 1.29 is 9.84 Å². The van der Waals surface area contributed by atoms with E-state index in [2.05, 4.69) is 27.3 Å². The first kappa shape index (κ1) is 11.1. The number of ether oxygens (including phenoxy) is 1. The maximum Gasteiger partial charge on any atom is 0.0961 e. The average molecular weight is 272 g/mol. The summed E-state index contributed by atoms with van der Waals surface area (Å²) >= 11 is 3.51. The number of rotatable bonds is 2. The molecule has 15 heavy (non-hydrogen) atoms. The fraction of sp³-hybridized carbons (Fsp3) is 0.455. The van der Waals surface area contributed by atoms with Gasteiger partial charge in [0, 0.05) is 11.0 Å². The molecule has 1 aliphatic heterocycles. The molecule has 1 heterocycles. The van der Waals surface area contributed by atoms with E-state index < -0.39 is 0 Å². The van der Waals surface area contributed by atoms with Crippen molar-refractivity contribution in [3.63, 3.8) is 0 Å². The number of hydrogen-bond donors (Lipinski definition) is 2. The predicted octanol–water partition coefficient (Wildman–Crippen LogP) is 1.47. The van der Waals surface area contributed by atoms with Gasteiger partial charge in [-0.2, -0.15) is 0 Å². The van der Waals surface area contributed by atoms with Crippen LogP contribution in [-0.4, -0.2) is 30.9 Å². The van der Waals surface area contributed by atoms with Crippen LogP contribution in [0.2, 0.25) is 0 Å². The van der Waals surface area contributed by atoms with E-state index in [0.717, 1.165) is 16.6 Å². The summed E-state index contributed by atoms with van der Waals surface area (Å²) in [6, 6.07) is 8.12. The largest absolute Gasteiger partial charge is 0.395 e. The van der Waals surface area contributed by atoms with Crippen LogP contribution >= 0.6 is 15.9 Å². The van der Waals surface area contributed by atoms with Gasteiger partial charge in [-0.15, -0.1) is 0 Å². The van der Waals surface area contributed by atoms with E-state index in [1.165, 1.54) is 0 Å². The van der Waals surface area contributed by atoms with Crippen molar-refractivity contribution in [1.82, 2.24) is 5.32 Å². The van der Waals surface area contributed by atoms with Crippen LogP contribution in [0, 0.1) is 0 Å². The summed E-state index contributed by atoms with van der Waals surface area (Å²) in [5.41, 5.74) is 1.15. The Morgan fingerprint density at radius 3 is 2.87 bits per heavy atom. The quantitative estimate of drug-likeness (QED) is 0.856.